The molecule has 0 aliphatic heterocycles. The van der Waals surface area contributed by atoms with Gasteiger partial charge >= 0.3 is 5.97 Å². The van der Waals surface area contributed by atoms with Gasteiger partial charge in [0.05, 0.1) is 5.41 Å². The second kappa shape index (κ2) is 6.26. The average Bonchev–Trinajstić information content (AvgIpc) is 2.37. The summed E-state index contributed by atoms with van der Waals surface area (Å²) in [4.78, 5) is 25.4. The van der Waals surface area contributed by atoms with E-state index in [9.17, 15) is 14.7 Å². The van der Waals surface area contributed by atoms with E-state index in [-0.39, 0.29) is 12.5 Å². The van der Waals surface area contributed by atoms with E-state index in [1.165, 1.54) is 0 Å². The number of rotatable bonds is 6. The second-order valence-corrected chi connectivity index (χ2v) is 6.06. The Labute approximate surface area is 125 Å². The third-order valence-corrected chi connectivity index (χ3v) is 4.07. The van der Waals surface area contributed by atoms with Gasteiger partial charge in [0.1, 0.15) is 0 Å². The van der Waals surface area contributed by atoms with E-state index < -0.39 is 11.4 Å². The molecular weight excluding hydrogens is 268 g/mol. The fourth-order valence-electron chi connectivity index (χ4n) is 2.55. The molecule has 21 heavy (non-hydrogen) atoms. The zero-order valence-electron chi connectivity index (χ0n) is 12.6. The normalized spacial score (nSPS) is 16.3. The van der Waals surface area contributed by atoms with Crippen LogP contribution in [0.1, 0.15) is 35.2 Å². The standard InChI is InChI=1S/C16H22N2O3/c1-18(2)10-12-4-6-13(7-5-12)14(19)17-11-16(15(20)21)8-3-9-16/h4-7H,3,8-11H2,1-2H3,(H,17,19)(H,20,21). The lowest BCUT2D eigenvalue weighted by Crippen LogP contribution is -2.47. The third kappa shape index (κ3) is 3.61. The average molecular weight is 290 g/mol. The predicted octanol–water partition coefficient (Wildman–Crippen LogP) is 1.73. The van der Waals surface area contributed by atoms with Crippen molar-refractivity contribution in [1.82, 2.24) is 10.2 Å². The molecule has 1 aliphatic rings. The summed E-state index contributed by atoms with van der Waals surface area (Å²) in [6.07, 6.45) is 2.20. The Balaban J connectivity index is 1.93. The number of nitrogens with zero attached hydrogens (tertiary/aromatic N) is 1. The Morgan fingerprint density at radius 3 is 2.29 bits per heavy atom. The van der Waals surface area contributed by atoms with Crippen molar-refractivity contribution in [3.05, 3.63) is 35.4 Å². The van der Waals surface area contributed by atoms with Crippen LogP contribution in [0.25, 0.3) is 0 Å². The summed E-state index contributed by atoms with van der Waals surface area (Å²) in [6.45, 7) is 1.03. The Morgan fingerprint density at radius 1 is 1.24 bits per heavy atom. The van der Waals surface area contributed by atoms with Crippen LogP contribution in [0.3, 0.4) is 0 Å². The molecule has 1 fully saturated rings. The summed E-state index contributed by atoms with van der Waals surface area (Å²) in [5, 5.41) is 12.0. The highest BCUT2D eigenvalue weighted by molar-refractivity contribution is 5.94. The molecule has 5 heteroatoms. The number of nitrogens with one attached hydrogen (secondary N) is 1. The molecule has 1 aromatic carbocycles. The lowest BCUT2D eigenvalue weighted by molar-refractivity contribution is -0.153. The van der Waals surface area contributed by atoms with Crippen LogP contribution >= 0.6 is 0 Å². The van der Waals surface area contributed by atoms with Crippen LogP contribution in [0.15, 0.2) is 24.3 Å². The summed E-state index contributed by atoms with van der Waals surface area (Å²) in [7, 11) is 3.98. The van der Waals surface area contributed by atoms with Gasteiger partial charge < -0.3 is 15.3 Å². The maximum atomic E-state index is 12.1. The zero-order valence-corrected chi connectivity index (χ0v) is 12.6. The van der Waals surface area contributed by atoms with Gasteiger partial charge in [-0.2, -0.15) is 0 Å². The van der Waals surface area contributed by atoms with Crippen molar-refractivity contribution in [2.75, 3.05) is 20.6 Å². The Kier molecular flexibility index (Phi) is 4.63. The second-order valence-electron chi connectivity index (χ2n) is 6.06. The van der Waals surface area contributed by atoms with E-state index in [4.69, 9.17) is 0 Å². The van der Waals surface area contributed by atoms with E-state index in [1.54, 1.807) is 12.1 Å². The van der Waals surface area contributed by atoms with E-state index in [0.29, 0.717) is 18.4 Å². The van der Waals surface area contributed by atoms with Gasteiger partial charge in [0, 0.05) is 18.7 Å². The van der Waals surface area contributed by atoms with Gasteiger partial charge in [-0.05, 0) is 44.6 Å². The molecule has 0 spiro atoms. The monoisotopic (exact) mass is 290 g/mol. The Morgan fingerprint density at radius 2 is 1.86 bits per heavy atom. The van der Waals surface area contributed by atoms with Crippen molar-refractivity contribution in [3.8, 4) is 0 Å². The number of carboxylic acids is 1. The summed E-state index contributed by atoms with van der Waals surface area (Å²) >= 11 is 0. The fourth-order valence-corrected chi connectivity index (χ4v) is 2.55. The minimum Gasteiger partial charge on any atom is -0.481 e. The van der Waals surface area contributed by atoms with Crippen LogP contribution < -0.4 is 5.32 Å². The minimum atomic E-state index is -0.810. The molecular formula is C16H22N2O3. The van der Waals surface area contributed by atoms with Gasteiger partial charge in [-0.25, -0.2) is 0 Å². The highest BCUT2D eigenvalue weighted by Gasteiger charge is 2.44. The van der Waals surface area contributed by atoms with Crippen LogP contribution in [-0.4, -0.2) is 42.5 Å². The number of carbonyl (C=O) groups excluding carboxylic acids is 1. The highest BCUT2D eigenvalue weighted by Crippen LogP contribution is 2.40. The molecule has 0 heterocycles. The van der Waals surface area contributed by atoms with E-state index in [1.807, 2.05) is 26.2 Å². The van der Waals surface area contributed by atoms with Gasteiger partial charge in [0.15, 0.2) is 0 Å². The van der Waals surface area contributed by atoms with Gasteiger partial charge in [0.25, 0.3) is 5.91 Å². The molecule has 0 atom stereocenters. The summed E-state index contributed by atoms with van der Waals surface area (Å²) in [5.74, 6) is -1.02. The number of hydrogen-bond donors (Lipinski definition) is 2. The Hall–Kier alpha value is -1.88. The first kappa shape index (κ1) is 15.5. The molecule has 1 amide bonds. The molecule has 114 valence electrons. The van der Waals surface area contributed by atoms with Gasteiger partial charge in [-0.3, -0.25) is 9.59 Å². The Bertz CT molecular complexity index is 519. The van der Waals surface area contributed by atoms with E-state index in [2.05, 4.69) is 10.2 Å². The molecule has 0 unspecified atom stereocenters. The van der Waals surface area contributed by atoms with Gasteiger partial charge in [-0.15, -0.1) is 0 Å². The molecule has 1 aliphatic carbocycles. The number of carbonyl (C=O) groups is 2. The largest absolute Gasteiger partial charge is 0.481 e. The SMILES string of the molecule is CN(C)Cc1ccc(C(=O)NCC2(C(=O)O)CCC2)cc1. The number of hydrogen-bond acceptors (Lipinski definition) is 3. The molecule has 1 aromatic rings. The minimum absolute atomic E-state index is 0.209. The van der Waals surface area contributed by atoms with Crippen molar-refractivity contribution in [2.45, 2.75) is 25.8 Å². The number of aliphatic carboxylic acids is 1. The number of benzene rings is 1. The predicted molar refractivity (Wildman–Crippen MR) is 80.1 cm³/mol. The molecule has 0 aromatic heterocycles. The van der Waals surface area contributed by atoms with Crippen LogP contribution in [-0.2, 0) is 11.3 Å². The first-order valence-electron chi connectivity index (χ1n) is 7.18. The fraction of sp³-hybridized carbons (Fsp3) is 0.500. The van der Waals surface area contributed by atoms with Crippen molar-refractivity contribution < 1.29 is 14.7 Å². The van der Waals surface area contributed by atoms with Gasteiger partial charge in [-0.1, -0.05) is 18.6 Å². The van der Waals surface area contributed by atoms with Crippen LogP contribution in [0.4, 0.5) is 0 Å². The van der Waals surface area contributed by atoms with Crippen molar-refractivity contribution in [3.63, 3.8) is 0 Å². The molecule has 0 saturated heterocycles. The third-order valence-electron chi connectivity index (χ3n) is 4.07. The molecule has 5 nitrogen and oxygen atoms in total. The smallest absolute Gasteiger partial charge is 0.311 e. The quantitative estimate of drug-likeness (QED) is 0.837. The topological polar surface area (TPSA) is 69.6 Å². The lowest BCUT2D eigenvalue weighted by Gasteiger charge is -2.37. The molecule has 0 bridgehead atoms. The summed E-state index contributed by atoms with van der Waals surface area (Å²) < 4.78 is 0. The first-order valence-corrected chi connectivity index (χ1v) is 7.18. The molecule has 2 N–H and O–H groups in total. The lowest BCUT2D eigenvalue weighted by atomic mass is 9.69. The molecule has 2 rings (SSSR count). The maximum Gasteiger partial charge on any atom is 0.311 e. The first-order chi connectivity index (χ1) is 9.93. The van der Waals surface area contributed by atoms with E-state index in [0.717, 1.165) is 18.5 Å². The maximum absolute atomic E-state index is 12.1. The zero-order chi connectivity index (χ0) is 15.5. The van der Waals surface area contributed by atoms with Crippen LogP contribution in [0, 0.1) is 5.41 Å². The summed E-state index contributed by atoms with van der Waals surface area (Å²) in [6, 6.07) is 7.40. The number of carboxylic acid groups (broad SMARTS) is 1. The number of amides is 1. The van der Waals surface area contributed by atoms with Crippen molar-refractivity contribution >= 4 is 11.9 Å². The molecule has 0 radical (unpaired) electrons. The summed E-state index contributed by atoms with van der Waals surface area (Å²) in [5.41, 5.74) is 0.954. The highest BCUT2D eigenvalue weighted by atomic mass is 16.4. The van der Waals surface area contributed by atoms with Crippen molar-refractivity contribution in [2.24, 2.45) is 5.41 Å². The van der Waals surface area contributed by atoms with Crippen LogP contribution in [0.2, 0.25) is 0 Å². The van der Waals surface area contributed by atoms with Crippen molar-refractivity contribution in [1.29, 1.82) is 0 Å². The van der Waals surface area contributed by atoms with Crippen LogP contribution in [0.5, 0.6) is 0 Å². The van der Waals surface area contributed by atoms with E-state index >= 15 is 0 Å². The molecule has 1 saturated carbocycles. The van der Waals surface area contributed by atoms with Gasteiger partial charge in [0.2, 0.25) is 0 Å².